The van der Waals surface area contributed by atoms with Crippen molar-refractivity contribution in [3.05, 3.63) is 40.5 Å². The van der Waals surface area contributed by atoms with Crippen molar-refractivity contribution in [3.63, 3.8) is 0 Å². The Morgan fingerprint density at radius 2 is 2.07 bits per heavy atom. The molecule has 15 heavy (non-hydrogen) atoms. The minimum absolute atomic E-state index is 0.133. The molecular formula is C9H5BrClNO2S. The van der Waals surface area contributed by atoms with Crippen LogP contribution in [0.15, 0.2) is 39.9 Å². The predicted molar refractivity (Wildman–Crippen MR) is 64.3 cm³/mol. The van der Waals surface area contributed by atoms with Crippen LogP contribution in [0.5, 0.6) is 0 Å². The third kappa shape index (κ3) is 1.87. The zero-order valence-corrected chi connectivity index (χ0v) is 10.5. The Kier molecular flexibility index (Phi) is 2.70. The third-order valence-electron chi connectivity index (χ3n) is 1.90. The van der Waals surface area contributed by atoms with Crippen molar-refractivity contribution in [1.29, 1.82) is 0 Å². The molecule has 2 rings (SSSR count). The average molecular weight is 307 g/mol. The van der Waals surface area contributed by atoms with Gasteiger partial charge in [-0.15, -0.1) is 0 Å². The summed E-state index contributed by atoms with van der Waals surface area (Å²) in [7, 11) is -3.58. The molecule has 0 atom stereocenters. The summed E-state index contributed by atoms with van der Waals surface area (Å²) in [5.41, 5.74) is 0.573. The van der Waals surface area contributed by atoms with Gasteiger partial charge in [0.05, 0.1) is 4.91 Å². The van der Waals surface area contributed by atoms with Crippen LogP contribution < -0.4 is 0 Å². The molecule has 0 radical (unpaired) electrons. The van der Waals surface area contributed by atoms with Gasteiger partial charge < -0.3 is 0 Å². The Hall–Kier alpha value is -0.650. The van der Waals surface area contributed by atoms with E-state index in [4.69, 9.17) is 11.6 Å². The lowest BCUT2D eigenvalue weighted by Gasteiger charge is -2.02. The second-order valence-electron chi connectivity index (χ2n) is 2.89. The van der Waals surface area contributed by atoms with Gasteiger partial charge in [-0.3, -0.25) is 0 Å². The van der Waals surface area contributed by atoms with Crippen LogP contribution in [0.3, 0.4) is 0 Å². The van der Waals surface area contributed by atoms with E-state index in [0.29, 0.717) is 5.56 Å². The van der Waals surface area contributed by atoms with E-state index in [0.717, 1.165) is 4.47 Å². The van der Waals surface area contributed by atoms with Gasteiger partial charge in [0.15, 0.2) is 0 Å². The molecule has 0 amide bonds. The van der Waals surface area contributed by atoms with Gasteiger partial charge in [-0.05, 0) is 29.3 Å². The Morgan fingerprint density at radius 3 is 2.60 bits per heavy atom. The number of nitrogens with zero attached hydrogens (tertiary/aromatic N) is 1. The fraction of sp³-hybridized carbons (Fsp3) is 0. The summed E-state index contributed by atoms with van der Waals surface area (Å²) in [5, 5.41) is 0. The molecular weight excluding hydrogens is 302 g/mol. The van der Waals surface area contributed by atoms with Crippen LogP contribution in [-0.2, 0) is 9.84 Å². The molecule has 1 aromatic carbocycles. The smallest absolute Gasteiger partial charge is 0.232 e. The second kappa shape index (κ2) is 3.73. The van der Waals surface area contributed by atoms with Gasteiger partial charge in [-0.1, -0.05) is 28.1 Å². The van der Waals surface area contributed by atoms with Crippen molar-refractivity contribution in [2.24, 2.45) is 4.99 Å². The fourth-order valence-electron chi connectivity index (χ4n) is 1.21. The lowest BCUT2D eigenvalue weighted by Crippen LogP contribution is -2.06. The molecule has 0 aromatic heterocycles. The van der Waals surface area contributed by atoms with E-state index in [-0.39, 0.29) is 9.41 Å². The van der Waals surface area contributed by atoms with E-state index in [2.05, 4.69) is 20.9 Å². The van der Waals surface area contributed by atoms with E-state index in [1.807, 2.05) is 6.07 Å². The van der Waals surface area contributed by atoms with Gasteiger partial charge in [-0.25, -0.2) is 13.4 Å². The van der Waals surface area contributed by atoms with Gasteiger partial charge in [0, 0.05) is 10.7 Å². The van der Waals surface area contributed by atoms with Crippen molar-refractivity contribution in [2.45, 2.75) is 0 Å². The number of rotatable bonds is 1. The number of halogens is 2. The number of hydrogen-bond donors (Lipinski definition) is 0. The maximum atomic E-state index is 11.7. The van der Waals surface area contributed by atoms with Crippen molar-refractivity contribution in [2.75, 3.05) is 0 Å². The summed E-state index contributed by atoms with van der Waals surface area (Å²) in [6.07, 6.45) is 1.26. The molecule has 6 heteroatoms. The van der Waals surface area contributed by atoms with Crippen LogP contribution in [0.4, 0.5) is 0 Å². The zero-order chi connectivity index (χ0) is 11.1. The van der Waals surface area contributed by atoms with Crippen LogP contribution in [-0.4, -0.2) is 12.9 Å². The Labute approximate surface area is 101 Å². The van der Waals surface area contributed by atoms with Gasteiger partial charge in [-0.2, -0.15) is 0 Å². The van der Waals surface area contributed by atoms with E-state index < -0.39 is 9.84 Å². The molecule has 0 spiro atoms. The minimum Gasteiger partial charge on any atom is -0.232 e. The van der Waals surface area contributed by atoms with E-state index in [9.17, 15) is 8.42 Å². The van der Waals surface area contributed by atoms with Crippen LogP contribution in [0.1, 0.15) is 5.56 Å². The van der Waals surface area contributed by atoms with Gasteiger partial charge in [0.2, 0.25) is 14.3 Å². The van der Waals surface area contributed by atoms with Gasteiger partial charge in [0.1, 0.15) is 0 Å². The zero-order valence-electron chi connectivity index (χ0n) is 7.31. The fourth-order valence-corrected chi connectivity index (χ4v) is 2.91. The topological polar surface area (TPSA) is 46.5 Å². The highest BCUT2D eigenvalue weighted by atomic mass is 79.9. The van der Waals surface area contributed by atoms with E-state index >= 15 is 0 Å². The molecule has 0 saturated heterocycles. The quantitative estimate of drug-likeness (QED) is 0.801. The molecule has 0 saturated carbocycles. The summed E-state index contributed by atoms with van der Waals surface area (Å²) < 4.78 is 23.7. The Bertz CT molecular complexity index is 578. The molecule has 1 aliphatic heterocycles. The van der Waals surface area contributed by atoms with Crippen LogP contribution in [0, 0.1) is 0 Å². The molecule has 1 aromatic rings. The number of aliphatic imine (C=N–C) groups is 1. The number of sulfone groups is 1. The summed E-state index contributed by atoms with van der Waals surface area (Å²) in [6.45, 7) is 0. The second-order valence-corrected chi connectivity index (χ2v) is 6.22. The van der Waals surface area contributed by atoms with Crippen molar-refractivity contribution < 1.29 is 8.42 Å². The molecule has 0 aliphatic carbocycles. The van der Waals surface area contributed by atoms with Crippen LogP contribution >= 0.6 is 27.5 Å². The molecule has 0 fully saturated rings. The van der Waals surface area contributed by atoms with E-state index in [1.165, 1.54) is 6.20 Å². The normalized spacial score (nSPS) is 18.5. The average Bonchev–Trinajstić information content (AvgIpc) is 2.42. The summed E-state index contributed by atoms with van der Waals surface area (Å²) in [4.78, 5) is 3.73. The molecule has 3 nitrogen and oxygen atoms in total. The third-order valence-corrected chi connectivity index (χ3v) is 4.57. The van der Waals surface area contributed by atoms with Crippen molar-refractivity contribution in [3.8, 4) is 0 Å². The first kappa shape index (κ1) is 10.9. The lowest BCUT2D eigenvalue weighted by atomic mass is 10.2. The highest BCUT2D eigenvalue weighted by Crippen LogP contribution is 2.30. The standard InChI is InChI=1S/C9H5BrClNO2S/c10-7-3-1-2-6(4-7)8-5-12-9(11)15(8,13)14/h1-5H. The predicted octanol–water partition coefficient (Wildman–Crippen LogP) is 2.77. The van der Waals surface area contributed by atoms with Gasteiger partial charge >= 0.3 is 0 Å². The molecule has 0 bridgehead atoms. The first-order valence-electron chi connectivity index (χ1n) is 3.96. The molecule has 78 valence electrons. The summed E-state index contributed by atoms with van der Waals surface area (Å²) >= 11 is 8.76. The highest BCUT2D eigenvalue weighted by molar-refractivity contribution is 9.10. The summed E-state index contributed by atoms with van der Waals surface area (Å²) in [6, 6.07) is 6.96. The Morgan fingerprint density at radius 1 is 1.33 bits per heavy atom. The first-order valence-corrected chi connectivity index (χ1v) is 6.62. The van der Waals surface area contributed by atoms with Crippen molar-refractivity contribution in [1.82, 2.24) is 0 Å². The number of hydrogen-bond acceptors (Lipinski definition) is 3. The monoisotopic (exact) mass is 305 g/mol. The SMILES string of the molecule is O=S1(=O)C(c2cccc(Br)c2)=CN=C1Cl. The summed E-state index contributed by atoms with van der Waals surface area (Å²) in [5.74, 6) is 0. The maximum absolute atomic E-state index is 11.7. The largest absolute Gasteiger partial charge is 0.237 e. The minimum atomic E-state index is -3.58. The van der Waals surface area contributed by atoms with Crippen LogP contribution in [0.25, 0.3) is 4.91 Å². The lowest BCUT2D eigenvalue weighted by molar-refractivity contribution is 0.617. The van der Waals surface area contributed by atoms with E-state index in [1.54, 1.807) is 18.2 Å². The first-order chi connectivity index (χ1) is 7.01. The Balaban J connectivity index is 2.54. The highest BCUT2D eigenvalue weighted by Gasteiger charge is 2.29. The maximum Gasteiger partial charge on any atom is 0.237 e. The molecule has 1 heterocycles. The molecule has 0 unspecified atom stereocenters. The molecule has 1 aliphatic rings. The number of benzene rings is 1. The molecule has 0 N–H and O–H groups in total. The van der Waals surface area contributed by atoms with Crippen molar-refractivity contribution >= 4 is 46.8 Å². The van der Waals surface area contributed by atoms with Crippen LogP contribution in [0.2, 0.25) is 0 Å². The van der Waals surface area contributed by atoms with Gasteiger partial charge in [0.25, 0.3) is 0 Å².